The first-order chi connectivity index (χ1) is 16.1. The molecule has 2 aliphatic rings. The molecular weight excluding hydrogens is 409 g/mol. The van der Waals surface area contributed by atoms with E-state index in [9.17, 15) is 4.79 Å². The second kappa shape index (κ2) is 9.58. The molecule has 6 nitrogen and oxygen atoms in total. The van der Waals surface area contributed by atoms with Crippen LogP contribution in [0.2, 0.25) is 0 Å². The summed E-state index contributed by atoms with van der Waals surface area (Å²) in [6, 6.07) is 10.3. The Balaban J connectivity index is 1.26. The zero-order valence-corrected chi connectivity index (χ0v) is 19.5. The molecule has 1 N–H and O–H groups in total. The molecule has 1 amide bonds. The van der Waals surface area contributed by atoms with Crippen LogP contribution in [0, 0.1) is 18.8 Å². The van der Waals surface area contributed by atoms with Gasteiger partial charge in [0.1, 0.15) is 13.7 Å². The molecule has 2 aromatic heterocycles. The van der Waals surface area contributed by atoms with Crippen LogP contribution >= 0.6 is 0 Å². The summed E-state index contributed by atoms with van der Waals surface area (Å²) in [7, 11) is 6.16. The van der Waals surface area contributed by atoms with Crippen LogP contribution in [-0.4, -0.2) is 52.9 Å². The highest BCUT2D eigenvalue weighted by Gasteiger charge is 2.29. The Kier molecular flexibility index (Phi) is 6.38. The quantitative estimate of drug-likeness (QED) is 0.613. The summed E-state index contributed by atoms with van der Waals surface area (Å²) in [5.74, 6) is 2.09. The number of likely N-dealkylation sites (tertiary alicyclic amines) is 1. The monoisotopic (exact) mass is 441 g/mol. The average molecular weight is 441 g/mol. The Labute approximate surface area is 197 Å². The number of amides is 1. The van der Waals surface area contributed by atoms with Crippen molar-refractivity contribution >= 4 is 30.7 Å². The third-order valence-corrected chi connectivity index (χ3v) is 7.37. The number of nitrogens with one attached hydrogen (secondary N) is 1. The van der Waals surface area contributed by atoms with Crippen LogP contribution in [0.3, 0.4) is 0 Å². The van der Waals surface area contributed by atoms with Crippen LogP contribution in [0.5, 0.6) is 0 Å². The molecule has 1 aliphatic carbocycles. The van der Waals surface area contributed by atoms with Crippen molar-refractivity contribution in [3.8, 4) is 11.3 Å². The summed E-state index contributed by atoms with van der Waals surface area (Å²) in [4.78, 5) is 19.8. The summed E-state index contributed by atoms with van der Waals surface area (Å²) in [5.41, 5.74) is 4.41. The minimum absolute atomic E-state index is 0.267. The van der Waals surface area contributed by atoms with Gasteiger partial charge >= 0.3 is 0 Å². The lowest BCUT2D eigenvalue weighted by molar-refractivity contribution is -0.137. The molecule has 1 aromatic carbocycles. The van der Waals surface area contributed by atoms with Gasteiger partial charge < -0.3 is 10.2 Å². The minimum Gasteiger partial charge on any atom is -0.370 e. The first kappa shape index (κ1) is 22.0. The van der Waals surface area contributed by atoms with Crippen molar-refractivity contribution in [3.05, 3.63) is 42.1 Å². The van der Waals surface area contributed by atoms with Gasteiger partial charge in [-0.2, -0.15) is 9.61 Å². The van der Waals surface area contributed by atoms with E-state index < -0.39 is 0 Å². The number of carbonyl (C=O) groups is 1. The number of nitrogens with zero attached hydrogens (tertiary/aromatic N) is 4. The molecule has 5 rings (SSSR count). The molecule has 33 heavy (non-hydrogen) atoms. The van der Waals surface area contributed by atoms with Gasteiger partial charge in [-0.25, -0.2) is 4.98 Å². The molecule has 7 heteroatoms. The third-order valence-electron chi connectivity index (χ3n) is 7.37. The van der Waals surface area contributed by atoms with Gasteiger partial charge in [-0.1, -0.05) is 43.5 Å². The van der Waals surface area contributed by atoms with Crippen molar-refractivity contribution in [1.82, 2.24) is 19.5 Å². The summed E-state index contributed by atoms with van der Waals surface area (Å²) in [6.45, 7) is 4.68. The highest BCUT2D eigenvalue weighted by atomic mass is 16.2. The van der Waals surface area contributed by atoms with Crippen LogP contribution in [-0.2, 0) is 4.79 Å². The van der Waals surface area contributed by atoms with Crippen LogP contribution in [0.15, 0.2) is 36.5 Å². The lowest BCUT2D eigenvalue weighted by atomic mass is 9.87. The van der Waals surface area contributed by atoms with Crippen molar-refractivity contribution < 1.29 is 4.79 Å². The summed E-state index contributed by atoms with van der Waals surface area (Å²) in [6.07, 6.45) is 9.58. The largest absolute Gasteiger partial charge is 0.370 e. The molecule has 2 radical (unpaired) electrons. The normalized spacial score (nSPS) is 18.0. The van der Waals surface area contributed by atoms with E-state index in [4.69, 9.17) is 12.8 Å². The first-order valence-corrected chi connectivity index (χ1v) is 12.3. The molecule has 0 atom stereocenters. The van der Waals surface area contributed by atoms with Crippen molar-refractivity contribution in [2.75, 3.05) is 25.0 Å². The number of hydrogen-bond acceptors (Lipinski definition) is 4. The Morgan fingerprint density at radius 2 is 1.88 bits per heavy atom. The molecule has 170 valence electrons. The van der Waals surface area contributed by atoms with Crippen molar-refractivity contribution in [3.63, 3.8) is 0 Å². The predicted octanol–water partition coefficient (Wildman–Crippen LogP) is 3.73. The molecule has 1 saturated heterocycles. The van der Waals surface area contributed by atoms with E-state index in [-0.39, 0.29) is 5.92 Å². The lowest BCUT2D eigenvalue weighted by Crippen LogP contribution is -2.43. The molecule has 0 spiro atoms. The number of piperidine rings is 1. The van der Waals surface area contributed by atoms with Gasteiger partial charge in [0.15, 0.2) is 5.65 Å². The fourth-order valence-corrected chi connectivity index (χ4v) is 5.32. The van der Waals surface area contributed by atoms with E-state index in [1.807, 2.05) is 12.1 Å². The zero-order chi connectivity index (χ0) is 22.8. The van der Waals surface area contributed by atoms with Gasteiger partial charge in [-0.3, -0.25) is 4.79 Å². The Hall–Kier alpha value is -2.83. The fourth-order valence-electron chi connectivity index (χ4n) is 5.32. The number of fused-ring (bicyclic) bond motifs is 1. The molecule has 3 aromatic rings. The summed E-state index contributed by atoms with van der Waals surface area (Å²) >= 11 is 0. The van der Waals surface area contributed by atoms with Crippen molar-refractivity contribution in [1.29, 1.82) is 0 Å². The van der Waals surface area contributed by atoms with Gasteiger partial charge in [-0.15, -0.1) is 0 Å². The fraction of sp³-hybridized carbons (Fsp3) is 0.500. The highest BCUT2D eigenvalue weighted by Crippen LogP contribution is 2.28. The van der Waals surface area contributed by atoms with Crippen LogP contribution < -0.4 is 10.8 Å². The zero-order valence-electron chi connectivity index (χ0n) is 19.5. The second-order valence-electron chi connectivity index (χ2n) is 9.66. The summed E-state index contributed by atoms with van der Waals surface area (Å²) < 4.78 is 1.79. The number of hydrogen-bond donors (Lipinski definition) is 1. The summed E-state index contributed by atoms with van der Waals surface area (Å²) in [5, 5.41) is 8.05. The third kappa shape index (κ3) is 4.64. The minimum atomic E-state index is 0.267. The van der Waals surface area contributed by atoms with Crippen LogP contribution in [0.4, 0.5) is 5.82 Å². The van der Waals surface area contributed by atoms with E-state index in [0.717, 1.165) is 62.4 Å². The first-order valence-electron chi connectivity index (χ1n) is 12.3. The maximum absolute atomic E-state index is 12.9. The maximum atomic E-state index is 12.9. The van der Waals surface area contributed by atoms with Crippen molar-refractivity contribution in [2.45, 2.75) is 51.9 Å². The van der Waals surface area contributed by atoms with Gasteiger partial charge in [0.05, 0.1) is 5.69 Å². The van der Waals surface area contributed by atoms with Gasteiger partial charge in [0.25, 0.3) is 0 Å². The Morgan fingerprint density at radius 1 is 1.12 bits per heavy atom. The number of carbonyl (C=O) groups excluding carboxylic acids is 1. The Morgan fingerprint density at radius 3 is 2.64 bits per heavy atom. The van der Waals surface area contributed by atoms with Gasteiger partial charge in [0, 0.05) is 43.4 Å². The van der Waals surface area contributed by atoms with Crippen molar-refractivity contribution in [2.24, 2.45) is 11.8 Å². The number of benzene rings is 1. The Bertz CT molecular complexity index is 1130. The van der Waals surface area contributed by atoms with E-state index in [1.54, 1.807) is 10.7 Å². The molecule has 0 bridgehead atoms. The van der Waals surface area contributed by atoms with Gasteiger partial charge in [0.2, 0.25) is 5.91 Å². The molecular formula is C26H32BN5O. The highest BCUT2D eigenvalue weighted by molar-refractivity contribution is 6.36. The maximum Gasteiger partial charge on any atom is 0.225 e. The average Bonchev–Trinajstić information content (AvgIpc) is 3.24. The van der Waals surface area contributed by atoms with E-state index in [2.05, 4.69) is 40.4 Å². The van der Waals surface area contributed by atoms with Crippen LogP contribution in [0.25, 0.3) is 16.9 Å². The van der Waals surface area contributed by atoms with Gasteiger partial charge in [-0.05, 0) is 49.6 Å². The van der Waals surface area contributed by atoms with E-state index >= 15 is 0 Å². The molecule has 1 aliphatic heterocycles. The topological polar surface area (TPSA) is 62.5 Å². The standard InChI is InChI=1S/C26H32BN5O/c1-18-7-5-6-10-21(18)23-15-24(32-25(30-23)22(27)17-29-32)28-16-19-11-13-31(14-12-19)26(33)20-8-3-2-4-9-20/h5-7,10,15,17,19-20,28H,2-4,8-9,11-14,16H2,1H3. The number of aryl methyl sites for hydroxylation is 1. The molecule has 0 unspecified atom stereocenters. The molecule has 3 heterocycles. The smallest absolute Gasteiger partial charge is 0.225 e. The van der Waals surface area contributed by atoms with Crippen LogP contribution in [0.1, 0.15) is 50.5 Å². The number of rotatable bonds is 5. The SMILES string of the molecule is [B]c1cnn2c(NCC3CCN(C(=O)C4CCCCC4)CC3)cc(-c3ccccc3C)nc12. The van der Waals surface area contributed by atoms with E-state index in [1.165, 1.54) is 24.8 Å². The number of anilines is 1. The van der Waals surface area contributed by atoms with E-state index in [0.29, 0.717) is 22.9 Å². The molecule has 1 saturated carbocycles. The lowest BCUT2D eigenvalue weighted by Gasteiger charge is -2.35. The number of aromatic nitrogens is 3. The predicted molar refractivity (Wildman–Crippen MR) is 133 cm³/mol. The molecule has 2 fully saturated rings. The second-order valence-corrected chi connectivity index (χ2v) is 9.66.